The maximum absolute atomic E-state index is 9.59. The lowest BCUT2D eigenvalue weighted by atomic mass is 9.81. The Morgan fingerprint density at radius 1 is 1.25 bits per heavy atom. The molecular weight excluding hydrogens is 293 g/mol. The van der Waals surface area contributed by atoms with Crippen LogP contribution in [0.3, 0.4) is 0 Å². The van der Waals surface area contributed by atoms with Gasteiger partial charge in [0.1, 0.15) is 0 Å². The number of hydrogen-bond acceptors (Lipinski definition) is 2. The van der Waals surface area contributed by atoms with Gasteiger partial charge in [0.2, 0.25) is 0 Å². The van der Waals surface area contributed by atoms with E-state index in [1.54, 1.807) is 12.1 Å². The number of phenols is 1. The first-order chi connectivity index (χ1) is 9.45. The van der Waals surface area contributed by atoms with Crippen molar-refractivity contribution in [2.45, 2.75) is 52.0 Å². The average Bonchev–Trinajstić information content (AvgIpc) is 2.35. The largest absolute Gasteiger partial charge is 0.505 e. The molecule has 1 aliphatic rings. The van der Waals surface area contributed by atoms with E-state index in [1.165, 1.54) is 32.1 Å². The summed E-state index contributed by atoms with van der Waals surface area (Å²) in [5.41, 5.74) is 0.896. The first-order valence-corrected chi connectivity index (χ1v) is 8.16. The molecule has 0 heterocycles. The molecular formula is C16H23Cl2NO. The van der Waals surface area contributed by atoms with Crippen LogP contribution in [0.1, 0.15) is 46.0 Å². The highest BCUT2D eigenvalue weighted by Crippen LogP contribution is 2.36. The molecule has 4 heteroatoms. The second kappa shape index (κ2) is 6.91. The Morgan fingerprint density at radius 3 is 2.50 bits per heavy atom. The van der Waals surface area contributed by atoms with Crippen LogP contribution < -0.4 is 5.32 Å². The van der Waals surface area contributed by atoms with E-state index in [-0.39, 0.29) is 5.75 Å². The van der Waals surface area contributed by atoms with Crippen molar-refractivity contribution in [3.05, 3.63) is 22.2 Å². The highest BCUT2D eigenvalue weighted by molar-refractivity contribution is 6.37. The van der Waals surface area contributed by atoms with E-state index in [2.05, 4.69) is 19.2 Å². The van der Waals surface area contributed by atoms with Crippen LogP contribution in [0.5, 0.6) is 5.75 Å². The Labute approximate surface area is 131 Å². The average molecular weight is 316 g/mol. The molecule has 0 aromatic heterocycles. The van der Waals surface area contributed by atoms with Crippen LogP contribution in [0.2, 0.25) is 10.0 Å². The van der Waals surface area contributed by atoms with Crippen LogP contribution in [0.4, 0.5) is 5.69 Å². The molecule has 0 aliphatic heterocycles. The molecule has 2 N–H and O–H groups in total. The number of benzene rings is 1. The minimum absolute atomic E-state index is 0.0415. The van der Waals surface area contributed by atoms with Gasteiger partial charge in [0.25, 0.3) is 0 Å². The molecule has 1 fully saturated rings. The number of rotatable bonds is 4. The van der Waals surface area contributed by atoms with Gasteiger partial charge in [0, 0.05) is 11.7 Å². The van der Waals surface area contributed by atoms with Gasteiger partial charge in [0.15, 0.2) is 5.75 Å². The number of anilines is 1. The molecule has 2 nitrogen and oxygen atoms in total. The van der Waals surface area contributed by atoms with Crippen LogP contribution in [-0.2, 0) is 0 Å². The van der Waals surface area contributed by atoms with E-state index in [9.17, 15) is 5.11 Å². The summed E-state index contributed by atoms with van der Waals surface area (Å²) >= 11 is 11.9. The molecule has 0 saturated heterocycles. The Hall–Kier alpha value is -0.600. The molecule has 112 valence electrons. The normalized spacial score (nSPS) is 23.1. The first kappa shape index (κ1) is 15.8. The van der Waals surface area contributed by atoms with Gasteiger partial charge in [0.05, 0.1) is 10.0 Å². The van der Waals surface area contributed by atoms with Gasteiger partial charge >= 0.3 is 0 Å². The molecule has 0 radical (unpaired) electrons. The number of halogens is 2. The molecule has 1 aromatic carbocycles. The van der Waals surface area contributed by atoms with Crippen molar-refractivity contribution < 1.29 is 5.11 Å². The lowest BCUT2D eigenvalue weighted by Crippen LogP contribution is -2.27. The zero-order valence-electron chi connectivity index (χ0n) is 12.1. The lowest BCUT2D eigenvalue weighted by Gasteiger charge is -2.31. The van der Waals surface area contributed by atoms with Gasteiger partial charge in [-0.2, -0.15) is 0 Å². The molecule has 1 aliphatic carbocycles. The molecule has 20 heavy (non-hydrogen) atoms. The molecule has 0 amide bonds. The Morgan fingerprint density at radius 2 is 1.90 bits per heavy atom. The maximum Gasteiger partial charge on any atom is 0.152 e. The molecule has 2 unspecified atom stereocenters. The van der Waals surface area contributed by atoms with Crippen molar-refractivity contribution >= 4 is 28.9 Å². The Balaban J connectivity index is 1.99. The minimum atomic E-state index is -0.0415. The third-order valence-corrected chi connectivity index (χ3v) is 4.55. The maximum atomic E-state index is 9.59. The summed E-state index contributed by atoms with van der Waals surface area (Å²) in [4.78, 5) is 0. The number of aromatic hydroxyl groups is 1. The molecule has 0 spiro atoms. The van der Waals surface area contributed by atoms with E-state index in [0.29, 0.717) is 16.1 Å². The third-order valence-electron chi connectivity index (χ3n) is 3.98. The minimum Gasteiger partial charge on any atom is -0.505 e. The van der Waals surface area contributed by atoms with Crippen molar-refractivity contribution in [1.82, 2.24) is 0 Å². The lowest BCUT2D eigenvalue weighted by molar-refractivity contribution is 0.289. The fraction of sp³-hybridized carbons (Fsp3) is 0.625. The summed E-state index contributed by atoms with van der Waals surface area (Å²) in [5.74, 6) is 1.53. The van der Waals surface area contributed by atoms with Gasteiger partial charge in [-0.1, -0.05) is 49.9 Å². The van der Waals surface area contributed by atoms with Crippen molar-refractivity contribution in [2.24, 2.45) is 11.8 Å². The Kier molecular flexibility index (Phi) is 5.45. The van der Waals surface area contributed by atoms with Crippen LogP contribution in [0.15, 0.2) is 12.1 Å². The van der Waals surface area contributed by atoms with Gasteiger partial charge in [-0.05, 0) is 43.2 Å². The summed E-state index contributed by atoms with van der Waals surface area (Å²) in [6.07, 6.45) is 6.30. The summed E-state index contributed by atoms with van der Waals surface area (Å²) in [6, 6.07) is 3.97. The summed E-state index contributed by atoms with van der Waals surface area (Å²) in [7, 11) is 0. The van der Waals surface area contributed by atoms with E-state index < -0.39 is 0 Å². The van der Waals surface area contributed by atoms with Crippen molar-refractivity contribution in [2.75, 3.05) is 5.32 Å². The van der Waals surface area contributed by atoms with Crippen molar-refractivity contribution in [1.29, 1.82) is 0 Å². The van der Waals surface area contributed by atoms with E-state index in [0.717, 1.165) is 17.5 Å². The molecule has 2 rings (SSSR count). The predicted molar refractivity (Wildman–Crippen MR) is 87.0 cm³/mol. The molecule has 2 atom stereocenters. The predicted octanol–water partition coefficient (Wildman–Crippen LogP) is 5.72. The summed E-state index contributed by atoms with van der Waals surface area (Å²) in [6.45, 7) is 4.58. The second-order valence-corrected chi connectivity index (χ2v) is 7.11. The molecule has 1 aromatic rings. The first-order valence-electron chi connectivity index (χ1n) is 7.40. The summed E-state index contributed by atoms with van der Waals surface area (Å²) < 4.78 is 0. The van der Waals surface area contributed by atoms with Gasteiger partial charge in [-0.3, -0.25) is 0 Å². The highest BCUT2D eigenvalue weighted by Gasteiger charge is 2.22. The Bertz CT molecular complexity index is 439. The van der Waals surface area contributed by atoms with E-state index in [4.69, 9.17) is 23.2 Å². The second-order valence-electron chi connectivity index (χ2n) is 6.29. The van der Waals surface area contributed by atoms with Crippen LogP contribution in [0, 0.1) is 11.8 Å². The zero-order valence-corrected chi connectivity index (χ0v) is 13.6. The van der Waals surface area contributed by atoms with Crippen molar-refractivity contribution in [3.63, 3.8) is 0 Å². The van der Waals surface area contributed by atoms with Gasteiger partial charge in [-0.25, -0.2) is 0 Å². The van der Waals surface area contributed by atoms with E-state index in [1.807, 2.05) is 0 Å². The number of hydrogen-bond donors (Lipinski definition) is 2. The van der Waals surface area contributed by atoms with Crippen LogP contribution in [-0.4, -0.2) is 11.1 Å². The number of phenolic OH excluding ortho intramolecular Hbond substituents is 1. The monoisotopic (exact) mass is 315 g/mol. The van der Waals surface area contributed by atoms with Crippen LogP contribution >= 0.6 is 23.2 Å². The SMILES string of the molecule is CC(C)CC1CCCC(Nc2cc(Cl)c(O)c(Cl)c2)C1. The van der Waals surface area contributed by atoms with Gasteiger partial charge in [-0.15, -0.1) is 0 Å². The van der Waals surface area contributed by atoms with Gasteiger partial charge < -0.3 is 10.4 Å². The zero-order chi connectivity index (χ0) is 14.7. The molecule has 1 saturated carbocycles. The molecule has 0 bridgehead atoms. The topological polar surface area (TPSA) is 32.3 Å². The van der Waals surface area contributed by atoms with Crippen molar-refractivity contribution in [3.8, 4) is 5.75 Å². The smallest absolute Gasteiger partial charge is 0.152 e. The fourth-order valence-corrected chi connectivity index (χ4v) is 3.67. The van der Waals surface area contributed by atoms with E-state index >= 15 is 0 Å². The van der Waals surface area contributed by atoms with Crippen LogP contribution in [0.25, 0.3) is 0 Å². The third kappa shape index (κ3) is 4.20. The highest BCUT2D eigenvalue weighted by atomic mass is 35.5. The quantitative estimate of drug-likeness (QED) is 0.697. The standard InChI is InChI=1S/C16H23Cl2NO/c1-10(2)6-11-4-3-5-12(7-11)19-13-8-14(17)16(20)15(18)9-13/h8-12,19-20H,3-7H2,1-2H3. The summed E-state index contributed by atoms with van der Waals surface area (Å²) in [5, 5.41) is 13.7. The number of nitrogens with one attached hydrogen (secondary N) is 1. The fourth-order valence-electron chi connectivity index (χ4n) is 3.19.